The normalized spacial score (nSPS) is 10.6. The van der Waals surface area contributed by atoms with Crippen LogP contribution < -0.4 is 10.7 Å². The van der Waals surface area contributed by atoms with Crippen molar-refractivity contribution in [2.75, 3.05) is 5.32 Å². The number of anilines is 1. The van der Waals surface area contributed by atoms with Crippen LogP contribution in [-0.4, -0.2) is 23.0 Å². The van der Waals surface area contributed by atoms with Gasteiger partial charge in [0.05, 0.1) is 11.9 Å². The van der Waals surface area contributed by atoms with Crippen LogP contribution in [0.3, 0.4) is 0 Å². The summed E-state index contributed by atoms with van der Waals surface area (Å²) in [6.45, 7) is 1.87. The first-order chi connectivity index (χ1) is 13.5. The number of benzene rings is 2. The number of hydrogen-bond donors (Lipinski definition) is 2. The number of amides is 2. The van der Waals surface area contributed by atoms with Crippen LogP contribution in [0.25, 0.3) is 0 Å². The molecule has 0 saturated carbocycles. The first-order valence-corrected chi connectivity index (χ1v) is 8.83. The van der Waals surface area contributed by atoms with Crippen molar-refractivity contribution in [3.05, 3.63) is 94.3 Å². The summed E-state index contributed by atoms with van der Waals surface area (Å²) in [7, 11) is 0. The molecule has 28 heavy (non-hydrogen) atoms. The Hall–Kier alpha value is -3.51. The van der Waals surface area contributed by atoms with Crippen molar-refractivity contribution in [3.8, 4) is 0 Å². The average Bonchev–Trinajstić information content (AvgIpc) is 2.68. The lowest BCUT2D eigenvalue weighted by atomic mass is 10.1. The zero-order valence-electron chi connectivity index (χ0n) is 15.0. The number of nitrogens with zero attached hydrogens (tertiary/aromatic N) is 2. The van der Waals surface area contributed by atoms with Gasteiger partial charge < -0.3 is 5.32 Å². The quantitative estimate of drug-likeness (QED) is 0.507. The van der Waals surface area contributed by atoms with Crippen LogP contribution in [0, 0.1) is 6.92 Å². The minimum Gasteiger partial charge on any atom is -0.322 e. The molecule has 0 aliphatic rings. The largest absolute Gasteiger partial charge is 0.322 e. The number of rotatable bonds is 5. The van der Waals surface area contributed by atoms with E-state index in [2.05, 4.69) is 20.8 Å². The molecule has 0 unspecified atom stereocenters. The number of nitrogens with one attached hydrogen (secondary N) is 2. The van der Waals surface area contributed by atoms with Gasteiger partial charge in [-0.05, 0) is 61.5 Å². The van der Waals surface area contributed by atoms with Gasteiger partial charge in [-0.15, -0.1) is 0 Å². The van der Waals surface area contributed by atoms with E-state index >= 15 is 0 Å². The van der Waals surface area contributed by atoms with Gasteiger partial charge in [0.2, 0.25) is 0 Å². The minimum atomic E-state index is -0.397. The lowest BCUT2D eigenvalue weighted by Crippen LogP contribution is -2.18. The second kappa shape index (κ2) is 8.92. The summed E-state index contributed by atoms with van der Waals surface area (Å²) < 4.78 is 0. The van der Waals surface area contributed by atoms with Gasteiger partial charge in [0.1, 0.15) is 0 Å². The van der Waals surface area contributed by atoms with Crippen molar-refractivity contribution >= 4 is 35.3 Å². The molecule has 140 valence electrons. The summed E-state index contributed by atoms with van der Waals surface area (Å²) in [6, 6.07) is 18.6. The van der Waals surface area contributed by atoms with E-state index in [1.54, 1.807) is 54.6 Å². The number of hydrogen-bond acceptors (Lipinski definition) is 4. The van der Waals surface area contributed by atoms with Gasteiger partial charge in [0.15, 0.2) is 0 Å². The molecule has 6 nitrogen and oxygen atoms in total. The second-order valence-corrected chi connectivity index (χ2v) is 6.38. The molecule has 1 heterocycles. The van der Waals surface area contributed by atoms with E-state index < -0.39 is 5.91 Å². The molecule has 3 rings (SSSR count). The van der Waals surface area contributed by atoms with Crippen molar-refractivity contribution in [2.45, 2.75) is 6.92 Å². The van der Waals surface area contributed by atoms with Crippen LogP contribution in [-0.2, 0) is 0 Å². The Balaban J connectivity index is 1.64. The summed E-state index contributed by atoms with van der Waals surface area (Å²) in [5.41, 5.74) is 5.28. The molecule has 7 heteroatoms. The Bertz CT molecular complexity index is 1030. The summed E-state index contributed by atoms with van der Waals surface area (Å²) in [5, 5.41) is 7.22. The summed E-state index contributed by atoms with van der Waals surface area (Å²) in [5.74, 6) is -0.690. The third kappa shape index (κ3) is 5.25. The first kappa shape index (κ1) is 19.3. The lowest BCUT2D eigenvalue weighted by molar-refractivity contribution is 0.0953. The van der Waals surface area contributed by atoms with Crippen LogP contribution in [0.2, 0.25) is 5.02 Å². The van der Waals surface area contributed by atoms with E-state index in [1.807, 2.05) is 19.1 Å². The van der Waals surface area contributed by atoms with Gasteiger partial charge in [-0.2, -0.15) is 5.10 Å². The maximum absolute atomic E-state index is 12.3. The third-order valence-corrected chi connectivity index (χ3v) is 4.01. The highest BCUT2D eigenvalue weighted by atomic mass is 35.5. The standard InChI is InChI=1S/C21H17ClN4O2/c1-14-4-2-7-19(24-14)13-23-26-21(28)16-5-3-6-18(12-16)25-20(27)15-8-10-17(22)11-9-15/h2-13H,1H3,(H,25,27)(H,26,28)/b23-13-. The molecule has 0 bridgehead atoms. The van der Waals surface area contributed by atoms with Crippen molar-refractivity contribution in [1.82, 2.24) is 10.4 Å². The fraction of sp³-hybridized carbons (Fsp3) is 0.0476. The van der Waals surface area contributed by atoms with E-state index in [0.717, 1.165) is 5.69 Å². The Labute approximate surface area is 167 Å². The molecule has 0 fully saturated rings. The third-order valence-electron chi connectivity index (χ3n) is 3.76. The smallest absolute Gasteiger partial charge is 0.271 e. The van der Waals surface area contributed by atoms with Crippen molar-refractivity contribution in [1.29, 1.82) is 0 Å². The van der Waals surface area contributed by atoms with E-state index in [9.17, 15) is 9.59 Å². The molecule has 2 aromatic carbocycles. The molecule has 0 aliphatic carbocycles. The molecule has 0 radical (unpaired) electrons. The van der Waals surface area contributed by atoms with Crippen molar-refractivity contribution < 1.29 is 9.59 Å². The van der Waals surface area contributed by atoms with Gasteiger partial charge in [0.25, 0.3) is 11.8 Å². The van der Waals surface area contributed by atoms with Crippen LogP contribution in [0.5, 0.6) is 0 Å². The average molecular weight is 393 g/mol. The van der Waals surface area contributed by atoms with Crippen LogP contribution in [0.4, 0.5) is 5.69 Å². The SMILES string of the molecule is Cc1cccc(/C=N\NC(=O)c2cccc(NC(=O)c3ccc(Cl)cc3)c2)n1. The Morgan fingerprint density at radius 3 is 2.46 bits per heavy atom. The zero-order chi connectivity index (χ0) is 19.9. The molecule has 0 aliphatic heterocycles. The highest BCUT2D eigenvalue weighted by Gasteiger charge is 2.09. The topological polar surface area (TPSA) is 83.5 Å². The van der Waals surface area contributed by atoms with Gasteiger partial charge >= 0.3 is 0 Å². The molecule has 2 N–H and O–H groups in total. The molecule has 2 amide bonds. The Morgan fingerprint density at radius 2 is 1.71 bits per heavy atom. The van der Waals surface area contributed by atoms with E-state index in [-0.39, 0.29) is 5.91 Å². The summed E-state index contributed by atoms with van der Waals surface area (Å²) in [4.78, 5) is 28.8. The zero-order valence-corrected chi connectivity index (χ0v) is 15.8. The van der Waals surface area contributed by atoms with E-state index in [1.165, 1.54) is 6.21 Å². The molecule has 1 aromatic heterocycles. The van der Waals surface area contributed by atoms with Gasteiger partial charge in [0, 0.05) is 27.5 Å². The molecule has 0 spiro atoms. The molecule has 3 aromatic rings. The molecule has 0 atom stereocenters. The number of halogens is 1. The number of pyridine rings is 1. The highest BCUT2D eigenvalue weighted by Crippen LogP contribution is 2.14. The second-order valence-electron chi connectivity index (χ2n) is 5.94. The van der Waals surface area contributed by atoms with Gasteiger partial charge in [-0.1, -0.05) is 23.7 Å². The predicted octanol–water partition coefficient (Wildman–Crippen LogP) is 4.06. The molecular formula is C21H17ClN4O2. The predicted molar refractivity (Wildman–Crippen MR) is 110 cm³/mol. The Kier molecular flexibility index (Phi) is 6.14. The lowest BCUT2D eigenvalue weighted by Gasteiger charge is -2.07. The van der Waals surface area contributed by atoms with Crippen LogP contribution in [0.15, 0.2) is 71.8 Å². The van der Waals surface area contributed by atoms with Crippen molar-refractivity contribution in [2.24, 2.45) is 5.10 Å². The highest BCUT2D eigenvalue weighted by molar-refractivity contribution is 6.30. The van der Waals surface area contributed by atoms with Crippen LogP contribution >= 0.6 is 11.6 Å². The van der Waals surface area contributed by atoms with Gasteiger partial charge in [-0.3, -0.25) is 14.6 Å². The van der Waals surface area contributed by atoms with E-state index in [4.69, 9.17) is 11.6 Å². The van der Waals surface area contributed by atoms with Crippen LogP contribution in [0.1, 0.15) is 32.1 Å². The maximum atomic E-state index is 12.3. The Morgan fingerprint density at radius 1 is 0.964 bits per heavy atom. The number of aromatic nitrogens is 1. The minimum absolute atomic E-state index is 0.294. The number of aryl methyl sites for hydroxylation is 1. The maximum Gasteiger partial charge on any atom is 0.271 e. The fourth-order valence-electron chi connectivity index (χ4n) is 2.40. The van der Waals surface area contributed by atoms with E-state index in [0.29, 0.717) is 27.5 Å². The molecule has 0 saturated heterocycles. The summed E-state index contributed by atoms with van der Waals surface area (Å²) >= 11 is 5.83. The fourth-order valence-corrected chi connectivity index (χ4v) is 2.53. The van der Waals surface area contributed by atoms with Gasteiger partial charge in [-0.25, -0.2) is 5.43 Å². The number of hydrazone groups is 1. The summed E-state index contributed by atoms with van der Waals surface area (Å²) in [6.07, 6.45) is 1.47. The first-order valence-electron chi connectivity index (χ1n) is 8.45. The number of carbonyl (C=O) groups is 2. The monoisotopic (exact) mass is 392 g/mol. The number of carbonyl (C=O) groups excluding carboxylic acids is 2. The van der Waals surface area contributed by atoms with Crippen molar-refractivity contribution in [3.63, 3.8) is 0 Å². The molecular weight excluding hydrogens is 376 g/mol.